The summed E-state index contributed by atoms with van der Waals surface area (Å²) in [5, 5.41) is 2.34. The molecule has 0 aromatic carbocycles. The Kier molecular flexibility index (Phi) is 3.50. The minimum Gasteiger partial charge on any atom is -0.303 e. The molecule has 3 rings (SSSR count). The molecule has 2 heterocycles. The lowest BCUT2D eigenvalue weighted by molar-refractivity contribution is -0.157. The number of nitrogens with zero attached hydrogens (tertiary/aromatic N) is 2. The maximum atomic E-state index is 12.4. The van der Waals surface area contributed by atoms with Gasteiger partial charge in [-0.1, -0.05) is 6.42 Å². The number of nitrogens with one attached hydrogen (secondary N) is 1. The van der Waals surface area contributed by atoms with Crippen LogP contribution < -0.4 is 5.32 Å². The van der Waals surface area contributed by atoms with Gasteiger partial charge in [0, 0.05) is 6.54 Å². The summed E-state index contributed by atoms with van der Waals surface area (Å²) in [6.45, 7) is 3.55. The second-order valence-electron chi connectivity index (χ2n) is 6.05. The molecule has 3 fully saturated rings. The minimum absolute atomic E-state index is 0.279. The zero-order valence-corrected chi connectivity index (χ0v) is 11.7. The number of carbonyl (C=O) groups excluding carboxylic acids is 3. The number of rotatable bonds is 4. The average molecular weight is 279 g/mol. The van der Waals surface area contributed by atoms with Gasteiger partial charge in [-0.2, -0.15) is 0 Å². The van der Waals surface area contributed by atoms with Gasteiger partial charge in [-0.05, 0) is 51.7 Å². The van der Waals surface area contributed by atoms with E-state index in [0.29, 0.717) is 19.4 Å². The molecular formula is C14H21N3O3. The first-order valence-electron chi connectivity index (χ1n) is 7.53. The Balaban J connectivity index is 1.58. The Hall–Kier alpha value is -1.43. The van der Waals surface area contributed by atoms with Crippen LogP contribution in [0.5, 0.6) is 0 Å². The first kappa shape index (κ1) is 13.5. The van der Waals surface area contributed by atoms with E-state index < -0.39 is 17.4 Å². The Morgan fingerprint density at radius 2 is 1.70 bits per heavy atom. The van der Waals surface area contributed by atoms with E-state index in [2.05, 4.69) is 10.2 Å². The van der Waals surface area contributed by atoms with E-state index in [-0.39, 0.29) is 5.91 Å². The van der Waals surface area contributed by atoms with Gasteiger partial charge in [0.2, 0.25) is 11.8 Å². The molecule has 0 aromatic heterocycles. The summed E-state index contributed by atoms with van der Waals surface area (Å²) >= 11 is 0. The highest BCUT2D eigenvalue weighted by atomic mass is 16.2. The fraction of sp³-hybridized carbons (Fsp3) is 0.786. The van der Waals surface area contributed by atoms with Crippen molar-refractivity contribution >= 4 is 17.8 Å². The van der Waals surface area contributed by atoms with Crippen LogP contribution in [0.15, 0.2) is 0 Å². The average Bonchev–Trinajstić information content (AvgIpc) is 2.84. The molecule has 0 unspecified atom stereocenters. The van der Waals surface area contributed by atoms with E-state index >= 15 is 0 Å². The van der Waals surface area contributed by atoms with Crippen LogP contribution in [0.3, 0.4) is 0 Å². The summed E-state index contributed by atoms with van der Waals surface area (Å²) in [6.07, 6.45) is 5.29. The van der Waals surface area contributed by atoms with Crippen molar-refractivity contribution in [2.24, 2.45) is 5.41 Å². The summed E-state index contributed by atoms with van der Waals surface area (Å²) < 4.78 is 0. The van der Waals surface area contributed by atoms with Gasteiger partial charge in [0.1, 0.15) is 5.41 Å². The lowest BCUT2D eigenvalue weighted by Gasteiger charge is -2.44. The molecule has 6 nitrogen and oxygen atoms in total. The SMILES string of the molecule is O=C1NC(=O)C2(CCC2)C(=O)N1CCCN1CCCC1. The highest BCUT2D eigenvalue weighted by molar-refractivity contribution is 6.19. The molecule has 0 aromatic rings. The topological polar surface area (TPSA) is 69.7 Å². The van der Waals surface area contributed by atoms with Gasteiger partial charge >= 0.3 is 6.03 Å². The van der Waals surface area contributed by atoms with E-state index in [4.69, 9.17) is 0 Å². The van der Waals surface area contributed by atoms with Gasteiger partial charge in [0.05, 0.1) is 0 Å². The Labute approximate surface area is 118 Å². The van der Waals surface area contributed by atoms with E-state index in [0.717, 1.165) is 32.5 Å². The fourth-order valence-electron chi connectivity index (χ4n) is 3.36. The van der Waals surface area contributed by atoms with Crippen LogP contribution in [-0.2, 0) is 9.59 Å². The van der Waals surface area contributed by atoms with E-state index in [9.17, 15) is 14.4 Å². The molecule has 1 saturated carbocycles. The Bertz CT molecular complexity index is 439. The van der Waals surface area contributed by atoms with Crippen LogP contribution in [0.2, 0.25) is 0 Å². The highest BCUT2D eigenvalue weighted by Crippen LogP contribution is 2.44. The van der Waals surface area contributed by atoms with Crippen LogP contribution in [0.25, 0.3) is 0 Å². The van der Waals surface area contributed by atoms with Crippen LogP contribution in [0.1, 0.15) is 38.5 Å². The number of amides is 4. The zero-order chi connectivity index (χ0) is 14.2. The quantitative estimate of drug-likeness (QED) is 0.770. The molecule has 2 saturated heterocycles. The molecule has 1 aliphatic carbocycles. The molecule has 110 valence electrons. The predicted molar refractivity (Wildman–Crippen MR) is 71.8 cm³/mol. The van der Waals surface area contributed by atoms with Crippen molar-refractivity contribution in [2.75, 3.05) is 26.2 Å². The number of likely N-dealkylation sites (tertiary alicyclic amines) is 1. The van der Waals surface area contributed by atoms with Gasteiger partial charge in [-0.25, -0.2) is 4.79 Å². The van der Waals surface area contributed by atoms with Gasteiger partial charge in [0.15, 0.2) is 0 Å². The second kappa shape index (κ2) is 5.16. The van der Waals surface area contributed by atoms with Crippen LogP contribution in [0.4, 0.5) is 4.79 Å². The Morgan fingerprint density at radius 1 is 1.00 bits per heavy atom. The summed E-state index contributed by atoms with van der Waals surface area (Å²) in [6, 6.07) is -0.543. The zero-order valence-electron chi connectivity index (χ0n) is 11.7. The van der Waals surface area contributed by atoms with E-state index in [1.54, 1.807) is 0 Å². The molecule has 1 N–H and O–H groups in total. The Morgan fingerprint density at radius 3 is 2.30 bits per heavy atom. The third-order valence-electron chi connectivity index (χ3n) is 4.82. The van der Waals surface area contributed by atoms with Gasteiger partial charge in [0.25, 0.3) is 0 Å². The van der Waals surface area contributed by atoms with Gasteiger partial charge in [-0.15, -0.1) is 0 Å². The molecule has 6 heteroatoms. The molecule has 4 amide bonds. The lowest BCUT2D eigenvalue weighted by Crippen LogP contribution is -2.66. The van der Waals surface area contributed by atoms with Crippen molar-refractivity contribution in [1.29, 1.82) is 0 Å². The molecule has 0 atom stereocenters. The summed E-state index contributed by atoms with van der Waals surface area (Å²) in [7, 11) is 0. The fourth-order valence-corrected chi connectivity index (χ4v) is 3.36. The van der Waals surface area contributed by atoms with E-state index in [1.807, 2.05) is 0 Å². The summed E-state index contributed by atoms with van der Waals surface area (Å²) in [5.74, 6) is -0.673. The molecule has 2 aliphatic heterocycles. The predicted octanol–water partition coefficient (Wildman–Crippen LogP) is 0.721. The van der Waals surface area contributed by atoms with Crippen molar-refractivity contribution < 1.29 is 14.4 Å². The summed E-state index contributed by atoms with van der Waals surface area (Å²) in [5.41, 5.74) is -0.929. The first-order valence-corrected chi connectivity index (χ1v) is 7.53. The van der Waals surface area contributed by atoms with Crippen molar-refractivity contribution in [1.82, 2.24) is 15.1 Å². The monoisotopic (exact) mass is 279 g/mol. The number of carbonyl (C=O) groups is 3. The number of hydrogen-bond acceptors (Lipinski definition) is 4. The van der Waals surface area contributed by atoms with Crippen molar-refractivity contribution in [3.05, 3.63) is 0 Å². The molecule has 0 radical (unpaired) electrons. The van der Waals surface area contributed by atoms with Crippen molar-refractivity contribution in [3.8, 4) is 0 Å². The standard InChI is InChI=1S/C14H21N3O3/c18-11-14(5-3-6-14)12(19)17(13(20)15-11)10-4-9-16-7-1-2-8-16/h1-10H2,(H,15,18,20). The normalized spacial score (nSPS) is 26.0. The maximum Gasteiger partial charge on any atom is 0.330 e. The molecule has 20 heavy (non-hydrogen) atoms. The molecular weight excluding hydrogens is 258 g/mol. The van der Waals surface area contributed by atoms with Crippen molar-refractivity contribution in [2.45, 2.75) is 38.5 Å². The highest BCUT2D eigenvalue weighted by Gasteiger charge is 2.57. The number of imide groups is 2. The van der Waals surface area contributed by atoms with Crippen LogP contribution >= 0.6 is 0 Å². The number of hydrogen-bond donors (Lipinski definition) is 1. The lowest BCUT2D eigenvalue weighted by atomic mass is 9.66. The number of barbiturate groups is 1. The third kappa shape index (κ3) is 2.12. The van der Waals surface area contributed by atoms with Gasteiger partial charge in [-0.3, -0.25) is 19.8 Å². The molecule has 0 bridgehead atoms. The second-order valence-corrected chi connectivity index (χ2v) is 6.05. The maximum absolute atomic E-state index is 12.4. The summed E-state index contributed by atoms with van der Waals surface area (Å²) in [4.78, 5) is 39.7. The van der Waals surface area contributed by atoms with E-state index in [1.165, 1.54) is 17.7 Å². The third-order valence-corrected chi connectivity index (χ3v) is 4.82. The van der Waals surface area contributed by atoms with Crippen LogP contribution in [0, 0.1) is 5.41 Å². The van der Waals surface area contributed by atoms with Crippen LogP contribution in [-0.4, -0.2) is 53.8 Å². The molecule has 3 aliphatic rings. The minimum atomic E-state index is -0.929. The van der Waals surface area contributed by atoms with Gasteiger partial charge < -0.3 is 4.90 Å². The smallest absolute Gasteiger partial charge is 0.303 e. The van der Waals surface area contributed by atoms with Crippen molar-refractivity contribution in [3.63, 3.8) is 0 Å². The largest absolute Gasteiger partial charge is 0.330 e. The molecule has 1 spiro atoms. The first-order chi connectivity index (χ1) is 9.63. The number of urea groups is 1.